The number of aryl methyl sites for hydroxylation is 1. The first-order chi connectivity index (χ1) is 12.2. The van der Waals surface area contributed by atoms with Gasteiger partial charge in [0.1, 0.15) is 16.9 Å². The molecule has 1 aliphatic carbocycles. The molecule has 1 saturated carbocycles. The zero-order valence-corrected chi connectivity index (χ0v) is 14.8. The fourth-order valence-electron chi connectivity index (χ4n) is 2.65. The van der Waals surface area contributed by atoms with Gasteiger partial charge >= 0.3 is 0 Å². The van der Waals surface area contributed by atoms with Crippen molar-refractivity contribution in [1.29, 1.82) is 5.26 Å². The zero-order chi connectivity index (χ0) is 17.4. The highest BCUT2D eigenvalue weighted by atomic mass is 32.2. The number of nitrogens with zero attached hydrogens (tertiary/aromatic N) is 6. The van der Waals surface area contributed by atoms with Gasteiger partial charge in [-0.3, -0.25) is 4.57 Å². The van der Waals surface area contributed by atoms with Crippen molar-refractivity contribution in [3.8, 4) is 11.8 Å². The highest BCUT2D eigenvalue weighted by Crippen LogP contribution is 2.42. The van der Waals surface area contributed by atoms with Gasteiger partial charge in [-0.2, -0.15) is 10.4 Å². The number of hydrogen-bond acceptors (Lipinski definition) is 6. The fourth-order valence-corrected chi connectivity index (χ4v) is 3.58. The average molecular weight is 348 g/mol. The van der Waals surface area contributed by atoms with Crippen molar-refractivity contribution in [2.75, 3.05) is 0 Å². The van der Waals surface area contributed by atoms with Crippen LogP contribution in [0.5, 0.6) is 0 Å². The number of hydrogen-bond donors (Lipinski definition) is 0. The summed E-state index contributed by atoms with van der Waals surface area (Å²) in [7, 11) is 0. The summed E-state index contributed by atoms with van der Waals surface area (Å²) < 4.78 is 2.07. The van der Waals surface area contributed by atoms with Crippen molar-refractivity contribution < 1.29 is 0 Å². The van der Waals surface area contributed by atoms with Crippen LogP contribution >= 0.6 is 11.8 Å². The van der Waals surface area contributed by atoms with Gasteiger partial charge in [-0.1, -0.05) is 18.2 Å². The first-order valence-corrected chi connectivity index (χ1v) is 8.93. The SMILES string of the molecule is Cc1nnc(Sc2nnc(C3CC3)n2-c2ccccc2)c(C#N)c1C. The Labute approximate surface area is 149 Å². The highest BCUT2D eigenvalue weighted by Gasteiger charge is 2.31. The topological polar surface area (TPSA) is 80.3 Å². The number of nitriles is 1. The van der Waals surface area contributed by atoms with Crippen LogP contribution in [0.4, 0.5) is 0 Å². The Morgan fingerprint density at radius 1 is 1.08 bits per heavy atom. The van der Waals surface area contributed by atoms with Crippen molar-refractivity contribution in [1.82, 2.24) is 25.0 Å². The van der Waals surface area contributed by atoms with Gasteiger partial charge in [0.05, 0.1) is 11.3 Å². The summed E-state index contributed by atoms with van der Waals surface area (Å²) in [6.07, 6.45) is 2.28. The normalized spacial score (nSPS) is 13.6. The van der Waals surface area contributed by atoms with Crippen LogP contribution in [0.15, 0.2) is 40.5 Å². The van der Waals surface area contributed by atoms with E-state index in [0.29, 0.717) is 21.7 Å². The second-order valence-electron chi connectivity index (χ2n) is 6.09. The molecule has 2 heterocycles. The lowest BCUT2D eigenvalue weighted by molar-refractivity contribution is 0.821. The van der Waals surface area contributed by atoms with Crippen molar-refractivity contribution in [3.63, 3.8) is 0 Å². The van der Waals surface area contributed by atoms with Gasteiger partial charge in [-0.25, -0.2) is 0 Å². The third-order valence-corrected chi connectivity index (χ3v) is 5.26. The molecular weight excluding hydrogens is 332 g/mol. The lowest BCUT2D eigenvalue weighted by Gasteiger charge is -2.10. The molecular formula is C18H16N6S. The molecule has 0 N–H and O–H groups in total. The number of rotatable bonds is 4. The maximum absolute atomic E-state index is 9.52. The summed E-state index contributed by atoms with van der Waals surface area (Å²) in [5.74, 6) is 1.44. The minimum atomic E-state index is 0.461. The van der Waals surface area contributed by atoms with Crippen LogP contribution < -0.4 is 0 Å². The smallest absolute Gasteiger partial charge is 0.202 e. The van der Waals surface area contributed by atoms with Gasteiger partial charge in [-0.05, 0) is 56.1 Å². The van der Waals surface area contributed by atoms with E-state index in [1.807, 2.05) is 44.2 Å². The fraction of sp³-hybridized carbons (Fsp3) is 0.278. The second kappa shape index (κ2) is 6.30. The monoisotopic (exact) mass is 348 g/mol. The van der Waals surface area contributed by atoms with E-state index in [4.69, 9.17) is 0 Å². The van der Waals surface area contributed by atoms with Crippen molar-refractivity contribution in [3.05, 3.63) is 53.0 Å². The summed E-state index contributed by atoms with van der Waals surface area (Å²) in [6, 6.07) is 12.3. The molecule has 0 atom stereocenters. The molecule has 0 unspecified atom stereocenters. The number of aromatic nitrogens is 5. The minimum absolute atomic E-state index is 0.461. The molecule has 0 radical (unpaired) electrons. The molecule has 25 heavy (non-hydrogen) atoms. The molecule has 3 aromatic rings. The summed E-state index contributed by atoms with van der Waals surface area (Å²) in [5.41, 5.74) is 3.19. The maximum atomic E-state index is 9.52. The summed E-state index contributed by atoms with van der Waals surface area (Å²) in [4.78, 5) is 0. The molecule has 0 spiro atoms. The van der Waals surface area contributed by atoms with E-state index in [2.05, 4.69) is 31.0 Å². The third-order valence-electron chi connectivity index (χ3n) is 4.34. The van der Waals surface area contributed by atoms with Crippen LogP contribution in [0.3, 0.4) is 0 Å². The molecule has 0 aliphatic heterocycles. The van der Waals surface area contributed by atoms with Crippen LogP contribution in [0.2, 0.25) is 0 Å². The Kier molecular flexibility index (Phi) is 3.98. The van der Waals surface area contributed by atoms with E-state index in [-0.39, 0.29) is 0 Å². The molecule has 0 bridgehead atoms. The van der Waals surface area contributed by atoms with Crippen LogP contribution in [0.1, 0.15) is 41.4 Å². The number of para-hydroxylation sites is 1. The quantitative estimate of drug-likeness (QED) is 0.717. The maximum Gasteiger partial charge on any atom is 0.202 e. The van der Waals surface area contributed by atoms with Gasteiger partial charge in [-0.15, -0.1) is 15.3 Å². The highest BCUT2D eigenvalue weighted by molar-refractivity contribution is 7.99. The molecule has 4 rings (SSSR count). The largest absolute Gasteiger partial charge is 0.273 e. The van der Waals surface area contributed by atoms with Gasteiger partial charge in [0, 0.05) is 11.6 Å². The molecule has 124 valence electrons. The van der Waals surface area contributed by atoms with E-state index in [1.165, 1.54) is 11.8 Å². The van der Waals surface area contributed by atoms with Gasteiger partial charge in [0.15, 0.2) is 0 Å². The molecule has 2 aromatic heterocycles. The van der Waals surface area contributed by atoms with E-state index >= 15 is 0 Å². The Bertz CT molecular complexity index is 969. The second-order valence-corrected chi connectivity index (χ2v) is 7.05. The molecule has 1 fully saturated rings. The summed E-state index contributed by atoms with van der Waals surface area (Å²) >= 11 is 1.34. The van der Waals surface area contributed by atoms with Gasteiger partial charge < -0.3 is 0 Å². The Morgan fingerprint density at radius 3 is 2.52 bits per heavy atom. The Balaban J connectivity index is 1.80. The predicted octanol–water partition coefficient (Wildman–Crippen LogP) is 3.57. The van der Waals surface area contributed by atoms with E-state index in [1.54, 1.807) is 0 Å². The van der Waals surface area contributed by atoms with Crippen molar-refractivity contribution >= 4 is 11.8 Å². The van der Waals surface area contributed by atoms with Crippen LogP contribution in [-0.2, 0) is 0 Å². The van der Waals surface area contributed by atoms with E-state index < -0.39 is 0 Å². The zero-order valence-electron chi connectivity index (χ0n) is 14.0. The van der Waals surface area contributed by atoms with Crippen molar-refractivity contribution in [2.24, 2.45) is 0 Å². The third kappa shape index (κ3) is 2.89. The molecule has 6 nitrogen and oxygen atoms in total. The van der Waals surface area contributed by atoms with Gasteiger partial charge in [0.25, 0.3) is 0 Å². The van der Waals surface area contributed by atoms with E-state index in [9.17, 15) is 5.26 Å². The molecule has 0 amide bonds. The first kappa shape index (κ1) is 15.8. The Morgan fingerprint density at radius 2 is 1.84 bits per heavy atom. The van der Waals surface area contributed by atoms with Gasteiger partial charge in [0.2, 0.25) is 5.16 Å². The standard InChI is InChI=1S/C18H16N6S/c1-11-12(2)20-22-17(15(11)10-19)25-18-23-21-16(13-8-9-13)24(18)14-6-4-3-5-7-14/h3-7,13H,8-9H2,1-2H3. The minimum Gasteiger partial charge on any atom is -0.273 e. The summed E-state index contributed by atoms with van der Waals surface area (Å²) in [6.45, 7) is 3.75. The average Bonchev–Trinajstić information content (AvgIpc) is 3.40. The van der Waals surface area contributed by atoms with Crippen molar-refractivity contribution in [2.45, 2.75) is 42.8 Å². The van der Waals surface area contributed by atoms with Crippen LogP contribution in [0.25, 0.3) is 5.69 Å². The molecule has 0 saturated heterocycles. The first-order valence-electron chi connectivity index (χ1n) is 8.11. The number of benzene rings is 1. The predicted molar refractivity (Wildman–Crippen MR) is 93.7 cm³/mol. The molecule has 1 aromatic carbocycles. The lowest BCUT2D eigenvalue weighted by Crippen LogP contribution is -2.03. The Hall–Kier alpha value is -2.72. The van der Waals surface area contributed by atoms with Crippen LogP contribution in [-0.4, -0.2) is 25.0 Å². The molecule has 1 aliphatic rings. The molecule has 7 heteroatoms. The van der Waals surface area contributed by atoms with Crippen LogP contribution in [0, 0.1) is 25.2 Å². The summed E-state index contributed by atoms with van der Waals surface area (Å²) in [5, 5.41) is 28.0. The van der Waals surface area contributed by atoms with E-state index in [0.717, 1.165) is 35.6 Å². The lowest BCUT2D eigenvalue weighted by atomic mass is 10.1.